The molecule has 0 amide bonds. The molecule has 28 heavy (non-hydrogen) atoms. The first-order chi connectivity index (χ1) is 13.7. The van der Waals surface area contributed by atoms with E-state index in [0.717, 1.165) is 50.0 Å². The van der Waals surface area contributed by atoms with E-state index in [9.17, 15) is 0 Å². The molecule has 3 heterocycles. The molecule has 0 fully saturated rings. The van der Waals surface area contributed by atoms with Crippen LogP contribution in [-0.4, -0.2) is 28.7 Å². The van der Waals surface area contributed by atoms with Crippen LogP contribution in [-0.2, 0) is 6.42 Å². The van der Waals surface area contributed by atoms with Crippen LogP contribution in [0.3, 0.4) is 0 Å². The third kappa shape index (κ3) is 3.03. The molecular weight excluding hydrogens is 372 g/mol. The van der Waals surface area contributed by atoms with E-state index >= 15 is 0 Å². The Morgan fingerprint density at radius 3 is 2.93 bits per heavy atom. The summed E-state index contributed by atoms with van der Waals surface area (Å²) in [4.78, 5) is 13.1. The first-order valence-electron chi connectivity index (χ1n) is 8.99. The molecule has 0 saturated heterocycles. The standard InChI is InChI=1S/C21H18N4O2S/c1-26-15-3-5-18-13(9-15)8-14(11-27-18)20-24-17-4-2-12(10-19(17)28-20)16-6-7-23-21(22)25-16/h2-7,9-10,14H,8,11H2,1H3,(H2,22,23,25). The summed E-state index contributed by atoms with van der Waals surface area (Å²) in [5.41, 5.74) is 9.68. The third-order valence-corrected chi connectivity index (χ3v) is 6.08. The minimum Gasteiger partial charge on any atom is -0.497 e. The van der Waals surface area contributed by atoms with Gasteiger partial charge in [-0.15, -0.1) is 11.3 Å². The van der Waals surface area contributed by atoms with Crippen molar-refractivity contribution in [1.82, 2.24) is 15.0 Å². The van der Waals surface area contributed by atoms with Crippen LogP contribution in [0.1, 0.15) is 16.5 Å². The topological polar surface area (TPSA) is 83.2 Å². The fourth-order valence-corrected chi connectivity index (χ4v) is 4.56. The molecule has 1 unspecified atom stereocenters. The van der Waals surface area contributed by atoms with E-state index < -0.39 is 0 Å². The summed E-state index contributed by atoms with van der Waals surface area (Å²) in [5.74, 6) is 2.29. The second kappa shape index (κ2) is 6.76. The molecule has 0 bridgehead atoms. The molecule has 6 nitrogen and oxygen atoms in total. The molecule has 2 aromatic carbocycles. The van der Waals surface area contributed by atoms with Crippen molar-refractivity contribution < 1.29 is 9.47 Å². The van der Waals surface area contributed by atoms with Crippen LogP contribution in [0.15, 0.2) is 48.7 Å². The maximum atomic E-state index is 5.97. The van der Waals surface area contributed by atoms with Crippen LogP contribution in [0, 0.1) is 0 Å². The average Bonchev–Trinajstić information content (AvgIpc) is 3.16. The van der Waals surface area contributed by atoms with Crippen molar-refractivity contribution in [2.24, 2.45) is 0 Å². The predicted octanol–water partition coefficient (Wildman–Crippen LogP) is 4.06. The Morgan fingerprint density at radius 1 is 1.14 bits per heavy atom. The molecule has 4 aromatic rings. The number of nitrogens with two attached hydrogens (primary N) is 1. The SMILES string of the molecule is COc1ccc2c(c1)CC(c1nc3ccc(-c4ccnc(N)n4)cc3s1)CO2. The number of rotatable bonds is 3. The normalized spacial score (nSPS) is 15.8. The zero-order valence-electron chi connectivity index (χ0n) is 15.3. The Labute approximate surface area is 166 Å². The summed E-state index contributed by atoms with van der Waals surface area (Å²) < 4.78 is 12.4. The van der Waals surface area contributed by atoms with E-state index in [0.29, 0.717) is 6.61 Å². The van der Waals surface area contributed by atoms with Crippen LogP contribution in [0.2, 0.25) is 0 Å². The number of hydrogen-bond acceptors (Lipinski definition) is 7. The van der Waals surface area contributed by atoms with E-state index in [4.69, 9.17) is 20.2 Å². The number of anilines is 1. The fraction of sp³-hybridized carbons (Fsp3) is 0.190. The highest BCUT2D eigenvalue weighted by atomic mass is 32.1. The second-order valence-electron chi connectivity index (χ2n) is 6.72. The van der Waals surface area contributed by atoms with Crippen molar-refractivity contribution in [3.63, 3.8) is 0 Å². The van der Waals surface area contributed by atoms with Gasteiger partial charge in [-0.2, -0.15) is 0 Å². The summed E-state index contributed by atoms with van der Waals surface area (Å²) in [7, 11) is 1.68. The zero-order valence-corrected chi connectivity index (χ0v) is 16.1. The maximum Gasteiger partial charge on any atom is 0.220 e. The largest absolute Gasteiger partial charge is 0.497 e. The van der Waals surface area contributed by atoms with Gasteiger partial charge >= 0.3 is 0 Å². The summed E-state index contributed by atoms with van der Waals surface area (Å²) in [5, 5.41) is 1.09. The van der Waals surface area contributed by atoms with Crippen LogP contribution in [0.5, 0.6) is 11.5 Å². The molecule has 1 aliphatic heterocycles. The lowest BCUT2D eigenvalue weighted by Crippen LogP contribution is -2.19. The number of fused-ring (bicyclic) bond motifs is 2. The van der Waals surface area contributed by atoms with Crippen molar-refractivity contribution >= 4 is 27.5 Å². The summed E-state index contributed by atoms with van der Waals surface area (Å²) >= 11 is 1.70. The molecule has 7 heteroatoms. The molecular formula is C21H18N4O2S. The summed E-state index contributed by atoms with van der Waals surface area (Å²) in [6.07, 6.45) is 2.56. The molecule has 1 atom stereocenters. The van der Waals surface area contributed by atoms with Gasteiger partial charge in [-0.1, -0.05) is 6.07 Å². The highest BCUT2D eigenvalue weighted by Gasteiger charge is 2.25. The highest BCUT2D eigenvalue weighted by molar-refractivity contribution is 7.18. The number of nitrogen functional groups attached to an aromatic ring is 1. The third-order valence-electron chi connectivity index (χ3n) is 4.90. The molecule has 0 spiro atoms. The molecule has 2 aromatic heterocycles. The Kier molecular flexibility index (Phi) is 4.09. The number of aromatic nitrogens is 3. The van der Waals surface area contributed by atoms with Crippen molar-refractivity contribution in [3.05, 3.63) is 59.2 Å². The molecule has 2 N–H and O–H groups in total. The van der Waals surface area contributed by atoms with Gasteiger partial charge in [0.2, 0.25) is 5.95 Å². The van der Waals surface area contributed by atoms with Crippen molar-refractivity contribution in [2.45, 2.75) is 12.3 Å². The second-order valence-corrected chi connectivity index (χ2v) is 7.78. The number of methoxy groups -OCH3 is 1. The van der Waals surface area contributed by atoms with Gasteiger partial charge in [0.1, 0.15) is 16.5 Å². The molecule has 0 aliphatic carbocycles. The van der Waals surface area contributed by atoms with E-state index in [-0.39, 0.29) is 11.9 Å². The smallest absolute Gasteiger partial charge is 0.220 e. The Morgan fingerprint density at radius 2 is 2.07 bits per heavy atom. The van der Waals surface area contributed by atoms with Crippen molar-refractivity contribution in [1.29, 1.82) is 0 Å². The van der Waals surface area contributed by atoms with Crippen LogP contribution >= 0.6 is 11.3 Å². The predicted molar refractivity (Wildman–Crippen MR) is 110 cm³/mol. The number of hydrogen-bond donors (Lipinski definition) is 1. The van der Waals surface area contributed by atoms with Crippen LogP contribution in [0.25, 0.3) is 21.5 Å². The monoisotopic (exact) mass is 390 g/mol. The van der Waals surface area contributed by atoms with Gasteiger partial charge in [-0.25, -0.2) is 15.0 Å². The molecule has 0 radical (unpaired) electrons. The molecule has 140 valence electrons. The minimum atomic E-state index is 0.232. The Hall–Kier alpha value is -3.19. The van der Waals surface area contributed by atoms with Gasteiger partial charge in [0.15, 0.2) is 0 Å². The summed E-state index contributed by atoms with van der Waals surface area (Å²) in [6, 6.07) is 14.0. The molecule has 0 saturated carbocycles. The van der Waals surface area contributed by atoms with Gasteiger partial charge in [-0.3, -0.25) is 0 Å². The van der Waals surface area contributed by atoms with E-state index in [2.05, 4.69) is 16.0 Å². The minimum absolute atomic E-state index is 0.232. The van der Waals surface area contributed by atoms with Crippen molar-refractivity contribution in [2.75, 3.05) is 19.5 Å². The lowest BCUT2D eigenvalue weighted by atomic mass is 9.97. The Balaban J connectivity index is 1.47. The van der Waals surface area contributed by atoms with Gasteiger partial charge in [0.05, 0.1) is 29.6 Å². The number of nitrogens with zero attached hydrogens (tertiary/aromatic N) is 3. The van der Waals surface area contributed by atoms with Crippen molar-refractivity contribution in [3.8, 4) is 22.8 Å². The van der Waals surface area contributed by atoms with Gasteiger partial charge in [0, 0.05) is 17.7 Å². The Bertz CT molecular complexity index is 1170. The number of thiazole rings is 1. The quantitative estimate of drug-likeness (QED) is 0.568. The van der Waals surface area contributed by atoms with Crippen LogP contribution in [0.4, 0.5) is 5.95 Å². The van der Waals surface area contributed by atoms with Crippen LogP contribution < -0.4 is 15.2 Å². The summed E-state index contributed by atoms with van der Waals surface area (Å²) in [6.45, 7) is 0.633. The number of benzene rings is 2. The van der Waals surface area contributed by atoms with E-state index in [1.807, 2.05) is 36.4 Å². The number of ether oxygens (including phenoxy) is 2. The van der Waals surface area contributed by atoms with Gasteiger partial charge < -0.3 is 15.2 Å². The average molecular weight is 390 g/mol. The highest BCUT2D eigenvalue weighted by Crippen LogP contribution is 2.38. The van der Waals surface area contributed by atoms with Gasteiger partial charge in [-0.05, 0) is 48.4 Å². The fourth-order valence-electron chi connectivity index (χ4n) is 3.47. The maximum absolute atomic E-state index is 5.97. The van der Waals surface area contributed by atoms with Gasteiger partial charge in [0.25, 0.3) is 0 Å². The molecule has 1 aliphatic rings. The first kappa shape index (κ1) is 16.9. The zero-order chi connectivity index (χ0) is 19.1. The van der Waals surface area contributed by atoms with E-state index in [1.165, 1.54) is 0 Å². The van der Waals surface area contributed by atoms with E-state index in [1.54, 1.807) is 24.6 Å². The molecule has 5 rings (SSSR count). The lowest BCUT2D eigenvalue weighted by molar-refractivity contribution is 0.261. The first-order valence-corrected chi connectivity index (χ1v) is 9.80. The lowest BCUT2D eigenvalue weighted by Gasteiger charge is -2.24.